The summed E-state index contributed by atoms with van der Waals surface area (Å²) < 4.78 is 0.683. The predicted octanol–water partition coefficient (Wildman–Crippen LogP) is 3.92. The van der Waals surface area contributed by atoms with Crippen LogP contribution in [0.5, 0.6) is 0 Å². The fourth-order valence-electron chi connectivity index (χ4n) is 2.61. The van der Waals surface area contributed by atoms with Gasteiger partial charge < -0.3 is 10.4 Å². The van der Waals surface area contributed by atoms with E-state index in [-0.39, 0.29) is 5.56 Å². The van der Waals surface area contributed by atoms with Crippen molar-refractivity contribution >= 4 is 27.7 Å². The van der Waals surface area contributed by atoms with Gasteiger partial charge in [-0.3, -0.25) is 0 Å². The number of aromatic nitrogens is 1. The predicted molar refractivity (Wildman–Crippen MR) is 78.6 cm³/mol. The number of carbonyl (C=O) groups is 1. The highest BCUT2D eigenvalue weighted by molar-refractivity contribution is 9.10. The van der Waals surface area contributed by atoms with Crippen molar-refractivity contribution in [3.8, 4) is 0 Å². The molecule has 0 spiro atoms. The molecule has 0 radical (unpaired) electrons. The fraction of sp³-hybridized carbons (Fsp3) is 0.571. The molecule has 0 bridgehead atoms. The summed E-state index contributed by atoms with van der Waals surface area (Å²) in [6, 6.07) is 1.58. The molecule has 4 nitrogen and oxygen atoms in total. The summed E-state index contributed by atoms with van der Waals surface area (Å²) in [5.74, 6) is 0.297. The number of pyridine rings is 1. The minimum Gasteiger partial charge on any atom is -0.478 e. The van der Waals surface area contributed by atoms with Gasteiger partial charge in [0.15, 0.2) is 0 Å². The lowest BCUT2D eigenvalue weighted by atomic mass is 9.87. The Bertz CT molecular complexity index is 445. The number of aromatic carboxylic acids is 1. The maximum Gasteiger partial charge on any atom is 0.339 e. The second-order valence-electron chi connectivity index (χ2n) is 5.07. The van der Waals surface area contributed by atoms with Crippen molar-refractivity contribution in [2.45, 2.75) is 38.5 Å². The van der Waals surface area contributed by atoms with Crippen LogP contribution in [0.15, 0.2) is 16.7 Å². The monoisotopic (exact) mass is 326 g/mol. The Balaban J connectivity index is 1.89. The molecule has 1 aliphatic carbocycles. The highest BCUT2D eigenvalue weighted by atomic mass is 79.9. The van der Waals surface area contributed by atoms with E-state index >= 15 is 0 Å². The van der Waals surface area contributed by atoms with Crippen LogP contribution in [0.25, 0.3) is 0 Å². The summed E-state index contributed by atoms with van der Waals surface area (Å²) in [6.45, 7) is 0.791. The molecular formula is C14H19BrN2O2. The lowest BCUT2D eigenvalue weighted by molar-refractivity contribution is 0.0697. The summed E-state index contributed by atoms with van der Waals surface area (Å²) in [4.78, 5) is 15.3. The second-order valence-corrected chi connectivity index (χ2v) is 5.99. The number of hydrogen-bond donors (Lipinski definition) is 2. The van der Waals surface area contributed by atoms with Gasteiger partial charge in [0.05, 0.1) is 0 Å². The highest BCUT2D eigenvalue weighted by Crippen LogP contribution is 2.26. The molecule has 2 N–H and O–H groups in total. The largest absolute Gasteiger partial charge is 0.478 e. The third kappa shape index (κ3) is 4.20. The van der Waals surface area contributed by atoms with Crippen LogP contribution in [0.4, 0.5) is 5.82 Å². The van der Waals surface area contributed by atoms with Crippen LogP contribution >= 0.6 is 15.9 Å². The van der Waals surface area contributed by atoms with Gasteiger partial charge in [0, 0.05) is 17.2 Å². The average molecular weight is 327 g/mol. The zero-order valence-corrected chi connectivity index (χ0v) is 12.4. The molecule has 0 amide bonds. The molecule has 1 heterocycles. The van der Waals surface area contributed by atoms with Crippen molar-refractivity contribution < 1.29 is 9.90 Å². The van der Waals surface area contributed by atoms with Gasteiger partial charge in [0.1, 0.15) is 11.4 Å². The number of carboxylic acid groups (broad SMARTS) is 1. The molecule has 0 aliphatic heterocycles. The van der Waals surface area contributed by atoms with Gasteiger partial charge >= 0.3 is 5.97 Å². The average Bonchev–Trinajstić information content (AvgIpc) is 2.41. The van der Waals surface area contributed by atoms with Crippen LogP contribution in [0.2, 0.25) is 0 Å². The number of carboxylic acids is 1. The van der Waals surface area contributed by atoms with E-state index in [0.29, 0.717) is 10.3 Å². The number of halogens is 1. The van der Waals surface area contributed by atoms with E-state index in [1.807, 2.05) is 0 Å². The first-order valence-electron chi connectivity index (χ1n) is 6.79. The Kier molecular flexibility index (Phi) is 5.19. The first-order valence-corrected chi connectivity index (χ1v) is 7.59. The maximum atomic E-state index is 11.1. The van der Waals surface area contributed by atoms with Crippen LogP contribution in [0.1, 0.15) is 48.9 Å². The number of nitrogens with one attached hydrogen (secondary N) is 1. The number of anilines is 1. The maximum absolute atomic E-state index is 11.1. The Morgan fingerprint density at radius 3 is 2.84 bits per heavy atom. The third-order valence-corrected chi connectivity index (χ3v) is 4.09. The van der Waals surface area contributed by atoms with E-state index in [9.17, 15) is 4.79 Å². The molecule has 1 saturated carbocycles. The second kappa shape index (κ2) is 6.89. The third-order valence-electron chi connectivity index (χ3n) is 3.65. The lowest BCUT2D eigenvalue weighted by Gasteiger charge is -2.21. The summed E-state index contributed by atoms with van der Waals surface area (Å²) >= 11 is 3.24. The topological polar surface area (TPSA) is 62.2 Å². The smallest absolute Gasteiger partial charge is 0.339 e. The quantitative estimate of drug-likeness (QED) is 0.860. The first-order chi connectivity index (χ1) is 9.16. The molecular weight excluding hydrogens is 308 g/mol. The number of nitrogens with zero attached hydrogens (tertiary/aromatic N) is 1. The zero-order chi connectivity index (χ0) is 13.7. The Hall–Kier alpha value is -1.10. The molecule has 0 saturated heterocycles. The normalized spacial score (nSPS) is 16.3. The molecule has 2 rings (SSSR count). The van der Waals surface area contributed by atoms with Crippen LogP contribution in [0, 0.1) is 5.92 Å². The van der Waals surface area contributed by atoms with Crippen LogP contribution in [0.3, 0.4) is 0 Å². The Morgan fingerprint density at radius 1 is 1.42 bits per heavy atom. The van der Waals surface area contributed by atoms with Crippen LogP contribution in [-0.4, -0.2) is 22.6 Å². The van der Waals surface area contributed by atoms with Crippen molar-refractivity contribution in [1.82, 2.24) is 4.98 Å². The molecule has 5 heteroatoms. The van der Waals surface area contributed by atoms with E-state index in [1.54, 1.807) is 12.3 Å². The zero-order valence-electron chi connectivity index (χ0n) is 10.9. The van der Waals surface area contributed by atoms with E-state index in [2.05, 4.69) is 26.2 Å². The Morgan fingerprint density at radius 2 is 2.16 bits per heavy atom. The number of hydrogen-bond acceptors (Lipinski definition) is 3. The summed E-state index contributed by atoms with van der Waals surface area (Å²) in [5, 5.41) is 12.3. The van der Waals surface area contributed by atoms with Crippen molar-refractivity contribution in [2.24, 2.45) is 5.92 Å². The first kappa shape index (κ1) is 14.3. The molecule has 0 unspecified atom stereocenters. The standard InChI is InChI=1S/C14H19BrN2O2/c15-11-8-12(14(18)19)13(17-9-11)16-7-6-10-4-2-1-3-5-10/h8-10H,1-7H2,(H,16,17)(H,18,19). The van der Waals surface area contributed by atoms with Crippen LogP contribution in [-0.2, 0) is 0 Å². The molecule has 19 heavy (non-hydrogen) atoms. The van der Waals surface area contributed by atoms with Crippen molar-refractivity contribution in [1.29, 1.82) is 0 Å². The summed E-state index contributed by atoms with van der Waals surface area (Å²) in [7, 11) is 0. The minimum atomic E-state index is -0.950. The molecule has 1 aromatic rings. The van der Waals surface area contributed by atoms with Gasteiger partial charge in [-0.2, -0.15) is 0 Å². The molecule has 1 aliphatic rings. The molecule has 1 fully saturated rings. The van der Waals surface area contributed by atoms with Gasteiger partial charge in [0.2, 0.25) is 0 Å². The van der Waals surface area contributed by atoms with E-state index in [0.717, 1.165) is 18.9 Å². The summed E-state index contributed by atoms with van der Waals surface area (Å²) in [5.41, 5.74) is 0.220. The van der Waals surface area contributed by atoms with Crippen molar-refractivity contribution in [2.75, 3.05) is 11.9 Å². The van der Waals surface area contributed by atoms with Gasteiger partial charge in [-0.15, -0.1) is 0 Å². The highest BCUT2D eigenvalue weighted by Gasteiger charge is 2.15. The van der Waals surface area contributed by atoms with E-state index < -0.39 is 5.97 Å². The summed E-state index contributed by atoms with van der Waals surface area (Å²) in [6.07, 6.45) is 9.36. The number of rotatable bonds is 5. The molecule has 1 aromatic heterocycles. The Labute approximate surface area is 121 Å². The van der Waals surface area contributed by atoms with Gasteiger partial charge in [0.25, 0.3) is 0 Å². The van der Waals surface area contributed by atoms with E-state index in [4.69, 9.17) is 5.11 Å². The van der Waals surface area contributed by atoms with Gasteiger partial charge in [-0.05, 0) is 34.3 Å². The van der Waals surface area contributed by atoms with Crippen molar-refractivity contribution in [3.05, 3.63) is 22.3 Å². The molecule has 104 valence electrons. The van der Waals surface area contributed by atoms with Crippen molar-refractivity contribution in [3.63, 3.8) is 0 Å². The molecule has 0 atom stereocenters. The van der Waals surface area contributed by atoms with E-state index in [1.165, 1.54) is 32.1 Å². The molecule has 0 aromatic carbocycles. The lowest BCUT2D eigenvalue weighted by Crippen LogP contribution is -2.14. The van der Waals surface area contributed by atoms with Crippen LogP contribution < -0.4 is 5.32 Å². The fourth-order valence-corrected chi connectivity index (χ4v) is 2.94. The van der Waals surface area contributed by atoms with Gasteiger partial charge in [-0.1, -0.05) is 32.1 Å². The SMILES string of the molecule is O=C(O)c1cc(Br)cnc1NCCC1CCCCC1. The van der Waals surface area contributed by atoms with Gasteiger partial charge in [-0.25, -0.2) is 9.78 Å². The minimum absolute atomic E-state index is 0.220.